The van der Waals surface area contributed by atoms with E-state index in [0.717, 1.165) is 16.7 Å². The monoisotopic (exact) mass is 469 g/mol. The van der Waals surface area contributed by atoms with Crippen LogP contribution in [0.1, 0.15) is 32.6 Å². The normalized spacial score (nSPS) is 16.5. The maximum Gasteiger partial charge on any atom is 0.231 e. The molecule has 2 heterocycles. The van der Waals surface area contributed by atoms with E-state index in [4.69, 9.17) is 32.7 Å². The third kappa shape index (κ3) is 3.77. The Bertz CT molecular complexity index is 1290. The van der Waals surface area contributed by atoms with Crippen molar-refractivity contribution in [1.82, 2.24) is 4.90 Å². The van der Waals surface area contributed by atoms with Gasteiger partial charge in [0.15, 0.2) is 5.76 Å². The van der Waals surface area contributed by atoms with Crippen LogP contribution in [-0.2, 0) is 13.1 Å². The summed E-state index contributed by atoms with van der Waals surface area (Å²) in [5.41, 5.74) is 3.34. The molecule has 0 atom stereocenters. The molecule has 2 aliphatic rings. The quantitative estimate of drug-likeness (QED) is 0.415. The number of nitrogens with zero attached hydrogens (tertiary/aromatic N) is 1. The number of carbonyl (C=O) groups excluding carboxylic acids is 1. The lowest BCUT2D eigenvalue weighted by Gasteiger charge is -2.30. The third-order valence-electron chi connectivity index (χ3n) is 5.60. The zero-order valence-electron chi connectivity index (χ0n) is 17.1. The van der Waals surface area contributed by atoms with Gasteiger partial charge < -0.3 is 9.47 Å². The lowest BCUT2D eigenvalue weighted by atomic mass is 9.99. The molecular formula is C25H18Cl2FNO3. The van der Waals surface area contributed by atoms with Gasteiger partial charge in [0, 0.05) is 39.8 Å². The summed E-state index contributed by atoms with van der Waals surface area (Å²) < 4.78 is 25.9. The van der Waals surface area contributed by atoms with E-state index >= 15 is 0 Å². The molecule has 4 nitrogen and oxygen atoms in total. The number of benzene rings is 3. The lowest BCUT2D eigenvalue weighted by Crippen LogP contribution is -2.32. The minimum absolute atomic E-state index is 0.0975. The van der Waals surface area contributed by atoms with Crippen LogP contribution in [0.2, 0.25) is 10.0 Å². The van der Waals surface area contributed by atoms with Gasteiger partial charge in [-0.05, 0) is 42.8 Å². The van der Waals surface area contributed by atoms with Crippen LogP contribution in [0, 0.1) is 12.7 Å². The van der Waals surface area contributed by atoms with E-state index in [1.807, 2.05) is 13.0 Å². The van der Waals surface area contributed by atoms with Crippen molar-refractivity contribution >= 4 is 35.1 Å². The molecule has 2 aliphatic heterocycles. The average Bonchev–Trinajstić information content (AvgIpc) is 3.08. The Hall–Kier alpha value is -2.86. The smallest absolute Gasteiger partial charge is 0.231 e. The molecule has 3 aromatic carbocycles. The Balaban J connectivity index is 1.43. The summed E-state index contributed by atoms with van der Waals surface area (Å²) in [6, 6.07) is 13.5. The molecule has 7 heteroatoms. The fraction of sp³-hybridized carbons (Fsp3) is 0.160. The molecule has 3 aromatic rings. The summed E-state index contributed by atoms with van der Waals surface area (Å²) >= 11 is 12.3. The Morgan fingerprint density at radius 1 is 1.12 bits per heavy atom. The molecule has 0 N–H and O–H groups in total. The number of hydrogen-bond acceptors (Lipinski definition) is 4. The Kier molecular flexibility index (Phi) is 5.41. The average molecular weight is 470 g/mol. The van der Waals surface area contributed by atoms with E-state index in [-0.39, 0.29) is 11.5 Å². The van der Waals surface area contributed by atoms with Gasteiger partial charge in [-0.3, -0.25) is 9.69 Å². The first kappa shape index (κ1) is 21.0. The predicted octanol–water partition coefficient (Wildman–Crippen LogP) is 6.41. The van der Waals surface area contributed by atoms with Crippen molar-refractivity contribution in [2.45, 2.75) is 20.0 Å². The molecule has 0 saturated heterocycles. The lowest BCUT2D eigenvalue weighted by molar-refractivity contribution is 0.0877. The molecule has 5 rings (SSSR count). The summed E-state index contributed by atoms with van der Waals surface area (Å²) in [4.78, 5) is 15.1. The van der Waals surface area contributed by atoms with Gasteiger partial charge in [-0.2, -0.15) is 0 Å². The van der Waals surface area contributed by atoms with Crippen molar-refractivity contribution in [3.63, 3.8) is 0 Å². The molecule has 0 spiro atoms. The van der Waals surface area contributed by atoms with E-state index in [2.05, 4.69) is 4.90 Å². The summed E-state index contributed by atoms with van der Waals surface area (Å²) in [7, 11) is 0. The molecule has 0 amide bonds. The van der Waals surface area contributed by atoms with Crippen molar-refractivity contribution in [2.24, 2.45) is 0 Å². The Labute approximate surface area is 194 Å². The minimum atomic E-state index is -0.414. The van der Waals surface area contributed by atoms with Crippen molar-refractivity contribution < 1.29 is 18.7 Å². The fourth-order valence-corrected chi connectivity index (χ4v) is 4.49. The number of rotatable bonds is 3. The van der Waals surface area contributed by atoms with Crippen molar-refractivity contribution in [3.05, 3.63) is 98.0 Å². The second kappa shape index (κ2) is 8.24. The molecule has 0 bridgehead atoms. The van der Waals surface area contributed by atoms with E-state index in [0.29, 0.717) is 52.5 Å². The van der Waals surface area contributed by atoms with Crippen molar-refractivity contribution in [1.29, 1.82) is 0 Å². The summed E-state index contributed by atoms with van der Waals surface area (Å²) in [5, 5.41) is 1.18. The molecule has 0 aliphatic carbocycles. The van der Waals surface area contributed by atoms with Crippen LogP contribution in [-0.4, -0.2) is 17.4 Å². The van der Waals surface area contributed by atoms with Gasteiger partial charge in [-0.1, -0.05) is 47.5 Å². The molecule has 0 radical (unpaired) electrons. The van der Waals surface area contributed by atoms with Gasteiger partial charge in [0.1, 0.15) is 24.0 Å². The highest BCUT2D eigenvalue weighted by Gasteiger charge is 2.33. The Morgan fingerprint density at radius 3 is 2.72 bits per heavy atom. The zero-order chi connectivity index (χ0) is 22.4. The maximum absolute atomic E-state index is 14.0. The van der Waals surface area contributed by atoms with Crippen LogP contribution in [0.4, 0.5) is 4.39 Å². The fourth-order valence-electron chi connectivity index (χ4n) is 4.02. The number of halogens is 3. The van der Waals surface area contributed by atoms with E-state index in [9.17, 15) is 9.18 Å². The van der Waals surface area contributed by atoms with Crippen LogP contribution >= 0.6 is 23.2 Å². The van der Waals surface area contributed by atoms with Crippen LogP contribution in [0.15, 0.2) is 54.3 Å². The van der Waals surface area contributed by atoms with Crippen LogP contribution < -0.4 is 9.47 Å². The van der Waals surface area contributed by atoms with Gasteiger partial charge in [-0.25, -0.2) is 4.39 Å². The van der Waals surface area contributed by atoms with Gasteiger partial charge in [0.25, 0.3) is 0 Å². The van der Waals surface area contributed by atoms with Crippen LogP contribution in [0.25, 0.3) is 6.08 Å². The topological polar surface area (TPSA) is 38.8 Å². The van der Waals surface area contributed by atoms with E-state index < -0.39 is 5.82 Å². The highest BCUT2D eigenvalue weighted by Crippen LogP contribution is 2.43. The molecule has 0 fully saturated rings. The number of ether oxygens (including phenoxy) is 2. The highest BCUT2D eigenvalue weighted by atomic mass is 35.5. The molecular weight excluding hydrogens is 452 g/mol. The van der Waals surface area contributed by atoms with Crippen LogP contribution in [0.5, 0.6) is 11.5 Å². The number of carbonyl (C=O) groups is 1. The molecule has 0 aromatic heterocycles. The Morgan fingerprint density at radius 2 is 1.94 bits per heavy atom. The number of hydrogen-bond donors (Lipinski definition) is 0. The second-order valence-corrected chi connectivity index (χ2v) is 8.67. The number of ketones is 1. The number of Topliss-reactive ketones (excluding diaryl/α,β-unsaturated/α-hetero) is 1. The van der Waals surface area contributed by atoms with Crippen LogP contribution in [0.3, 0.4) is 0 Å². The van der Waals surface area contributed by atoms with Crippen molar-refractivity contribution in [3.8, 4) is 11.5 Å². The molecule has 32 heavy (non-hydrogen) atoms. The first-order chi connectivity index (χ1) is 15.4. The zero-order valence-corrected chi connectivity index (χ0v) is 18.6. The van der Waals surface area contributed by atoms with E-state index in [1.165, 1.54) is 12.1 Å². The predicted molar refractivity (Wildman–Crippen MR) is 122 cm³/mol. The van der Waals surface area contributed by atoms with E-state index in [1.54, 1.807) is 36.4 Å². The standard InChI is InChI=1S/C25H18Cl2FNO3/c1-14-24-17(12-29(13-31-24)11-16-6-7-18(26)10-20(16)27)8-19-23(30)22(32-25(14)19)9-15-4-2-3-5-21(15)28/h2-10H,11-13H2,1H3/b22-9-. The van der Waals surface area contributed by atoms with Gasteiger partial charge >= 0.3 is 0 Å². The number of allylic oxidation sites excluding steroid dienone is 1. The SMILES string of the molecule is Cc1c2c(cc3c1O/C(=C\c1ccccc1F)C3=O)CN(Cc1ccc(Cl)cc1Cl)CO2. The first-order valence-electron chi connectivity index (χ1n) is 10.0. The second-order valence-electron chi connectivity index (χ2n) is 7.82. The first-order valence-corrected chi connectivity index (χ1v) is 10.8. The van der Waals surface area contributed by atoms with Crippen molar-refractivity contribution in [2.75, 3.05) is 6.73 Å². The van der Waals surface area contributed by atoms with Gasteiger partial charge in [0.2, 0.25) is 5.78 Å². The summed E-state index contributed by atoms with van der Waals surface area (Å²) in [5.74, 6) is 0.586. The largest absolute Gasteiger partial charge is 0.477 e. The minimum Gasteiger partial charge on any atom is -0.477 e. The third-order valence-corrected chi connectivity index (χ3v) is 6.19. The summed E-state index contributed by atoms with van der Waals surface area (Å²) in [6.07, 6.45) is 1.44. The van der Waals surface area contributed by atoms with Gasteiger partial charge in [0.05, 0.1) is 5.56 Å². The molecule has 162 valence electrons. The summed E-state index contributed by atoms with van der Waals surface area (Å²) in [6.45, 7) is 3.40. The molecule has 0 saturated carbocycles. The maximum atomic E-state index is 14.0. The number of fused-ring (bicyclic) bond motifs is 2. The highest BCUT2D eigenvalue weighted by molar-refractivity contribution is 6.35. The molecule has 0 unspecified atom stereocenters. The van der Waals surface area contributed by atoms with Gasteiger partial charge in [-0.15, -0.1) is 0 Å².